The summed E-state index contributed by atoms with van der Waals surface area (Å²) in [6.07, 6.45) is 19.7. The maximum atomic E-state index is 12.8. The second kappa shape index (κ2) is 15.7. The second-order valence-corrected chi connectivity index (χ2v) is 9.48. The summed E-state index contributed by atoms with van der Waals surface area (Å²) < 4.78 is 0. The molecule has 0 aliphatic carbocycles. The molecular formula is C25H47N3O2. The monoisotopic (exact) mass is 421 g/mol. The molecule has 5 nitrogen and oxygen atoms in total. The number of fused-ring (bicyclic) bond motifs is 1. The van der Waals surface area contributed by atoms with Crippen LogP contribution in [0.25, 0.3) is 0 Å². The summed E-state index contributed by atoms with van der Waals surface area (Å²) in [5, 5.41) is 2.86. The molecule has 0 spiro atoms. The molecule has 0 bridgehead atoms. The van der Waals surface area contributed by atoms with Crippen molar-refractivity contribution in [3.05, 3.63) is 0 Å². The standard InChI is InChI=1S/C25H47N3O2/c1-23(29)26-18-14-22-28-21-13-12-20-27-19-11-10-16-24(27)15-8-6-4-2-3-5-7-9-17-25(28)30/h24H,2-22H2,1H3,(H,26,29)/t24-/m1/s1. The topological polar surface area (TPSA) is 52.7 Å². The van der Waals surface area contributed by atoms with Gasteiger partial charge in [0.05, 0.1) is 0 Å². The highest BCUT2D eigenvalue weighted by Gasteiger charge is 2.21. The van der Waals surface area contributed by atoms with E-state index in [1.54, 1.807) is 6.92 Å². The van der Waals surface area contributed by atoms with Gasteiger partial charge in [0.1, 0.15) is 0 Å². The maximum Gasteiger partial charge on any atom is 0.222 e. The summed E-state index contributed by atoms with van der Waals surface area (Å²) in [6, 6.07) is 0.799. The third kappa shape index (κ3) is 10.8. The third-order valence-corrected chi connectivity index (χ3v) is 6.88. The first-order valence-electron chi connectivity index (χ1n) is 12.9. The third-order valence-electron chi connectivity index (χ3n) is 6.88. The van der Waals surface area contributed by atoms with E-state index in [2.05, 4.69) is 15.1 Å². The Morgan fingerprint density at radius 1 is 0.833 bits per heavy atom. The molecule has 2 saturated heterocycles. The van der Waals surface area contributed by atoms with Crippen LogP contribution in [0, 0.1) is 0 Å². The SMILES string of the molecule is CC(=O)NCCCN1CCCCN2CCCC[C@H]2CCCCCCCCCCC1=O. The van der Waals surface area contributed by atoms with E-state index in [1.807, 2.05) is 0 Å². The summed E-state index contributed by atoms with van der Waals surface area (Å²) in [4.78, 5) is 28.7. The molecule has 2 aliphatic rings. The van der Waals surface area contributed by atoms with Crippen molar-refractivity contribution in [2.75, 3.05) is 32.7 Å². The average Bonchev–Trinajstić information content (AvgIpc) is 2.73. The van der Waals surface area contributed by atoms with Gasteiger partial charge in [-0.3, -0.25) is 9.59 Å². The van der Waals surface area contributed by atoms with Gasteiger partial charge in [-0.2, -0.15) is 0 Å². The molecule has 0 aromatic carbocycles. The summed E-state index contributed by atoms with van der Waals surface area (Å²) in [7, 11) is 0. The zero-order chi connectivity index (χ0) is 21.4. The molecule has 2 amide bonds. The Kier molecular flexibility index (Phi) is 13.1. The Bertz CT molecular complexity index is 483. The van der Waals surface area contributed by atoms with Crippen molar-refractivity contribution < 1.29 is 9.59 Å². The van der Waals surface area contributed by atoms with Gasteiger partial charge in [0, 0.05) is 39.0 Å². The molecule has 174 valence electrons. The van der Waals surface area contributed by atoms with E-state index in [4.69, 9.17) is 0 Å². The molecule has 0 aromatic heterocycles. The number of hydrogen-bond donors (Lipinski definition) is 1. The predicted octanol–water partition coefficient (Wildman–Crippen LogP) is 4.89. The molecule has 0 radical (unpaired) electrons. The van der Waals surface area contributed by atoms with E-state index >= 15 is 0 Å². The Labute approximate surface area is 185 Å². The highest BCUT2D eigenvalue weighted by atomic mass is 16.2. The van der Waals surface area contributed by atoms with Gasteiger partial charge >= 0.3 is 0 Å². The zero-order valence-electron chi connectivity index (χ0n) is 19.6. The van der Waals surface area contributed by atoms with Crippen molar-refractivity contribution in [2.24, 2.45) is 0 Å². The highest BCUT2D eigenvalue weighted by molar-refractivity contribution is 5.76. The van der Waals surface area contributed by atoms with Crippen molar-refractivity contribution in [3.63, 3.8) is 0 Å². The van der Waals surface area contributed by atoms with Gasteiger partial charge in [-0.15, -0.1) is 0 Å². The predicted molar refractivity (Wildman–Crippen MR) is 124 cm³/mol. The van der Waals surface area contributed by atoms with E-state index in [-0.39, 0.29) is 5.91 Å². The molecule has 1 N–H and O–H groups in total. The number of nitrogens with one attached hydrogen (secondary N) is 1. The Morgan fingerprint density at radius 2 is 1.40 bits per heavy atom. The molecule has 2 heterocycles. The average molecular weight is 422 g/mol. The van der Waals surface area contributed by atoms with Crippen LogP contribution < -0.4 is 5.32 Å². The lowest BCUT2D eigenvalue weighted by Crippen LogP contribution is -2.40. The van der Waals surface area contributed by atoms with Crippen LogP contribution in [-0.2, 0) is 9.59 Å². The lowest BCUT2D eigenvalue weighted by atomic mass is 9.96. The lowest BCUT2D eigenvalue weighted by Gasteiger charge is -2.36. The zero-order valence-corrected chi connectivity index (χ0v) is 19.6. The van der Waals surface area contributed by atoms with Gasteiger partial charge in [-0.25, -0.2) is 0 Å². The Balaban J connectivity index is 1.84. The first-order chi connectivity index (χ1) is 14.7. The second-order valence-electron chi connectivity index (χ2n) is 9.48. The number of piperidine rings is 1. The molecule has 2 rings (SSSR count). The van der Waals surface area contributed by atoms with Crippen LogP contribution in [0.3, 0.4) is 0 Å². The van der Waals surface area contributed by atoms with Crippen LogP contribution in [-0.4, -0.2) is 60.4 Å². The molecule has 5 heteroatoms. The largest absolute Gasteiger partial charge is 0.356 e. The quantitative estimate of drug-likeness (QED) is 0.658. The smallest absolute Gasteiger partial charge is 0.222 e. The number of carbonyl (C=O) groups is 2. The number of nitrogens with zero attached hydrogens (tertiary/aromatic N) is 2. The minimum atomic E-state index is 0.0112. The Hall–Kier alpha value is -1.10. The summed E-state index contributed by atoms with van der Waals surface area (Å²) in [5.74, 6) is 0.326. The fraction of sp³-hybridized carbons (Fsp3) is 0.920. The number of hydrogen-bond acceptors (Lipinski definition) is 3. The Morgan fingerprint density at radius 3 is 2.10 bits per heavy atom. The highest BCUT2D eigenvalue weighted by Crippen LogP contribution is 2.23. The van der Waals surface area contributed by atoms with E-state index in [0.29, 0.717) is 18.9 Å². The number of carbonyl (C=O) groups excluding carboxylic acids is 2. The summed E-state index contributed by atoms with van der Waals surface area (Å²) >= 11 is 0. The number of rotatable bonds is 4. The van der Waals surface area contributed by atoms with Crippen LogP contribution in [0.5, 0.6) is 0 Å². The maximum absolute atomic E-state index is 12.8. The minimum absolute atomic E-state index is 0.0112. The van der Waals surface area contributed by atoms with E-state index in [0.717, 1.165) is 38.4 Å². The van der Waals surface area contributed by atoms with Gasteiger partial charge in [0.25, 0.3) is 0 Å². The van der Waals surface area contributed by atoms with E-state index in [1.165, 1.54) is 90.1 Å². The van der Waals surface area contributed by atoms with Crippen LogP contribution in [0.2, 0.25) is 0 Å². The summed E-state index contributed by atoms with van der Waals surface area (Å²) in [6.45, 7) is 6.32. The molecular weight excluding hydrogens is 374 g/mol. The first kappa shape index (κ1) is 25.2. The minimum Gasteiger partial charge on any atom is -0.356 e. The van der Waals surface area contributed by atoms with Gasteiger partial charge in [-0.05, 0) is 58.0 Å². The van der Waals surface area contributed by atoms with E-state index < -0.39 is 0 Å². The normalized spacial score (nSPS) is 24.5. The van der Waals surface area contributed by atoms with Crippen LogP contribution in [0.15, 0.2) is 0 Å². The molecule has 0 saturated carbocycles. The van der Waals surface area contributed by atoms with Crippen molar-refractivity contribution >= 4 is 11.8 Å². The molecule has 0 unspecified atom stereocenters. The van der Waals surface area contributed by atoms with Gasteiger partial charge < -0.3 is 15.1 Å². The summed E-state index contributed by atoms with van der Waals surface area (Å²) in [5.41, 5.74) is 0. The molecule has 0 aromatic rings. The molecule has 2 fully saturated rings. The van der Waals surface area contributed by atoms with Crippen molar-refractivity contribution in [1.29, 1.82) is 0 Å². The molecule has 1 atom stereocenters. The van der Waals surface area contributed by atoms with Gasteiger partial charge in [0.15, 0.2) is 0 Å². The number of amides is 2. The van der Waals surface area contributed by atoms with Crippen molar-refractivity contribution in [1.82, 2.24) is 15.1 Å². The van der Waals surface area contributed by atoms with Gasteiger partial charge in [0.2, 0.25) is 11.8 Å². The first-order valence-corrected chi connectivity index (χ1v) is 12.9. The lowest BCUT2D eigenvalue weighted by molar-refractivity contribution is -0.131. The fourth-order valence-corrected chi connectivity index (χ4v) is 5.07. The molecule has 30 heavy (non-hydrogen) atoms. The molecule has 2 aliphatic heterocycles. The van der Waals surface area contributed by atoms with E-state index in [9.17, 15) is 9.59 Å². The van der Waals surface area contributed by atoms with Gasteiger partial charge in [-0.1, -0.05) is 51.4 Å². The van der Waals surface area contributed by atoms with Crippen LogP contribution in [0.4, 0.5) is 0 Å². The van der Waals surface area contributed by atoms with Crippen LogP contribution >= 0.6 is 0 Å². The van der Waals surface area contributed by atoms with Crippen LogP contribution in [0.1, 0.15) is 110 Å². The van der Waals surface area contributed by atoms with Crippen molar-refractivity contribution in [2.45, 2.75) is 116 Å². The fourth-order valence-electron chi connectivity index (χ4n) is 5.07. The van der Waals surface area contributed by atoms with Crippen molar-refractivity contribution in [3.8, 4) is 0 Å².